The van der Waals surface area contributed by atoms with Gasteiger partial charge in [0, 0.05) is 12.0 Å². The molecule has 0 fully saturated rings. The highest BCUT2D eigenvalue weighted by Crippen LogP contribution is 2.34. The van der Waals surface area contributed by atoms with Crippen molar-refractivity contribution >= 4 is 0 Å². The summed E-state index contributed by atoms with van der Waals surface area (Å²) in [7, 11) is 0. The van der Waals surface area contributed by atoms with Crippen molar-refractivity contribution in [2.75, 3.05) is 0 Å². The molecule has 0 aromatic heterocycles. The minimum absolute atomic E-state index is 0.0364. The summed E-state index contributed by atoms with van der Waals surface area (Å²) < 4.78 is 0. The molecule has 0 radical (unpaired) electrons. The molecule has 3 aromatic rings. The van der Waals surface area contributed by atoms with Gasteiger partial charge in [0.05, 0.1) is 33.0 Å². The van der Waals surface area contributed by atoms with Crippen LogP contribution in [0.1, 0.15) is 63.9 Å². The summed E-state index contributed by atoms with van der Waals surface area (Å²) in [6, 6.07) is 17.0. The molecule has 7 N–H and O–H groups in total. The molecule has 7 nitrogen and oxygen atoms in total. The lowest BCUT2D eigenvalue weighted by atomic mass is 9.76. The molecule has 0 atom stereocenters. The zero-order chi connectivity index (χ0) is 26.0. The minimum atomic E-state index is -0.398. The van der Waals surface area contributed by atoms with E-state index < -0.39 is 5.41 Å². The molecule has 0 saturated heterocycles. The van der Waals surface area contributed by atoms with Gasteiger partial charge >= 0.3 is 0 Å². The Morgan fingerprint density at radius 3 is 1.20 bits per heavy atom. The SMILES string of the molecule is CC(C)(c1cc(CO)cc(CO)c1)c1cc(CO)cc(CNO)c1.Cc1cc(CO)cc(CO)c1. The Hall–Kier alpha value is -2.62. The molecule has 3 rings (SSSR count). The molecule has 3 aromatic carbocycles. The molecule has 0 unspecified atom stereocenters. The molecule has 0 aliphatic heterocycles. The molecule has 0 spiro atoms. The Morgan fingerprint density at radius 2 is 0.857 bits per heavy atom. The number of hydrogen-bond donors (Lipinski definition) is 7. The van der Waals surface area contributed by atoms with E-state index >= 15 is 0 Å². The van der Waals surface area contributed by atoms with Crippen LogP contribution in [0.5, 0.6) is 0 Å². The number of hydrogen-bond acceptors (Lipinski definition) is 7. The topological polar surface area (TPSA) is 133 Å². The van der Waals surface area contributed by atoms with Crippen molar-refractivity contribution in [3.8, 4) is 0 Å². The van der Waals surface area contributed by atoms with Crippen LogP contribution in [0.25, 0.3) is 0 Å². The largest absolute Gasteiger partial charge is 0.392 e. The number of hydroxylamine groups is 1. The summed E-state index contributed by atoms with van der Waals surface area (Å²) in [6.07, 6.45) is 0. The van der Waals surface area contributed by atoms with Crippen LogP contribution >= 0.6 is 0 Å². The van der Waals surface area contributed by atoms with E-state index in [4.69, 9.17) is 15.4 Å². The monoisotopic (exact) mass is 483 g/mol. The van der Waals surface area contributed by atoms with Gasteiger partial charge in [-0.05, 0) is 51.4 Å². The predicted octanol–water partition coefficient (Wildman–Crippen LogP) is 2.95. The molecule has 190 valence electrons. The van der Waals surface area contributed by atoms with Crippen molar-refractivity contribution in [1.29, 1.82) is 0 Å². The predicted molar refractivity (Wildman–Crippen MR) is 134 cm³/mol. The number of aryl methyl sites for hydroxylation is 1. The third-order valence-electron chi connectivity index (χ3n) is 5.94. The van der Waals surface area contributed by atoms with E-state index in [0.29, 0.717) is 0 Å². The van der Waals surface area contributed by atoms with E-state index in [2.05, 4.69) is 19.3 Å². The van der Waals surface area contributed by atoms with E-state index in [9.17, 15) is 15.3 Å². The lowest BCUT2D eigenvalue weighted by molar-refractivity contribution is 0.161. The van der Waals surface area contributed by atoms with Gasteiger partial charge in [-0.15, -0.1) is 0 Å². The second-order valence-corrected chi connectivity index (χ2v) is 9.15. The fraction of sp³-hybridized carbons (Fsp3) is 0.357. The Bertz CT molecular complexity index is 1050. The van der Waals surface area contributed by atoms with Crippen LogP contribution in [-0.2, 0) is 45.0 Å². The van der Waals surface area contributed by atoms with Gasteiger partial charge in [-0.1, -0.05) is 74.0 Å². The van der Waals surface area contributed by atoms with Crippen molar-refractivity contribution in [2.45, 2.75) is 65.8 Å². The van der Waals surface area contributed by atoms with Gasteiger partial charge in [0.15, 0.2) is 0 Å². The average Bonchev–Trinajstić information content (AvgIpc) is 2.88. The smallest absolute Gasteiger partial charge is 0.0682 e. The van der Waals surface area contributed by atoms with E-state index in [0.717, 1.165) is 50.1 Å². The number of rotatable bonds is 9. The van der Waals surface area contributed by atoms with Gasteiger partial charge in [-0.25, -0.2) is 5.48 Å². The van der Waals surface area contributed by atoms with Crippen molar-refractivity contribution < 1.29 is 30.7 Å². The first-order chi connectivity index (χ1) is 16.7. The summed E-state index contributed by atoms with van der Waals surface area (Å²) in [5.41, 5.74) is 9.62. The zero-order valence-electron chi connectivity index (χ0n) is 20.6. The second kappa shape index (κ2) is 13.5. The van der Waals surface area contributed by atoms with Crippen molar-refractivity contribution in [2.24, 2.45) is 0 Å². The molecule has 35 heavy (non-hydrogen) atoms. The quantitative estimate of drug-likeness (QED) is 0.233. The second-order valence-electron chi connectivity index (χ2n) is 9.15. The van der Waals surface area contributed by atoms with Crippen LogP contribution in [0.4, 0.5) is 0 Å². The number of benzene rings is 3. The molecule has 7 heteroatoms. The van der Waals surface area contributed by atoms with Crippen LogP contribution in [0.2, 0.25) is 0 Å². The minimum Gasteiger partial charge on any atom is -0.392 e. The van der Waals surface area contributed by atoms with Gasteiger partial charge in [-0.2, -0.15) is 0 Å². The van der Waals surface area contributed by atoms with Gasteiger partial charge in [0.25, 0.3) is 0 Å². The van der Waals surface area contributed by atoms with Crippen molar-refractivity contribution in [1.82, 2.24) is 5.48 Å². The maximum absolute atomic E-state index is 9.51. The molecular weight excluding hydrogens is 446 g/mol. The summed E-state index contributed by atoms with van der Waals surface area (Å²) >= 11 is 0. The lowest BCUT2D eigenvalue weighted by Crippen LogP contribution is -2.21. The first-order valence-corrected chi connectivity index (χ1v) is 11.5. The molecule has 0 bridgehead atoms. The van der Waals surface area contributed by atoms with Crippen LogP contribution in [0.3, 0.4) is 0 Å². The maximum Gasteiger partial charge on any atom is 0.0682 e. The van der Waals surface area contributed by atoms with Crippen LogP contribution in [0.15, 0.2) is 54.6 Å². The third-order valence-corrected chi connectivity index (χ3v) is 5.94. The van der Waals surface area contributed by atoms with Crippen LogP contribution < -0.4 is 5.48 Å². The lowest BCUT2D eigenvalue weighted by Gasteiger charge is -2.28. The Kier molecular flexibility index (Phi) is 11.0. The van der Waals surface area contributed by atoms with Gasteiger partial charge in [0.2, 0.25) is 0 Å². The highest BCUT2D eigenvalue weighted by Gasteiger charge is 2.25. The standard InChI is InChI=1S/C19H25NO4.C9H12O2/c1-19(2,18-7-15(11-22)4-16(8-18)12-23)17-5-13(9-20-24)3-14(6-17)10-21;1-7-2-8(5-10)4-9(3-7)6-11/h3-8,20-24H,9-12H2,1-2H3;2-4,10-11H,5-6H2,1H3. The first-order valence-electron chi connectivity index (χ1n) is 11.5. The van der Waals surface area contributed by atoms with Gasteiger partial charge in [-0.3, -0.25) is 0 Å². The van der Waals surface area contributed by atoms with Crippen molar-refractivity contribution in [3.05, 3.63) is 105 Å². The summed E-state index contributed by atoms with van der Waals surface area (Å²) in [6.45, 7) is 6.15. The third kappa shape index (κ3) is 7.95. The summed E-state index contributed by atoms with van der Waals surface area (Å²) in [4.78, 5) is 0. The highest BCUT2D eigenvalue weighted by atomic mass is 16.5. The molecular formula is C28H37NO6. The van der Waals surface area contributed by atoms with E-state index in [1.54, 1.807) is 12.1 Å². The molecule has 0 saturated carbocycles. The Balaban J connectivity index is 0.000000328. The number of aliphatic hydroxyl groups excluding tert-OH is 5. The van der Waals surface area contributed by atoms with Gasteiger partial charge in [0.1, 0.15) is 0 Å². The average molecular weight is 484 g/mol. The molecule has 0 aliphatic rings. The molecule has 0 aliphatic carbocycles. The number of aliphatic hydroxyl groups is 5. The Labute approximate surface area is 206 Å². The Morgan fingerprint density at radius 1 is 0.543 bits per heavy atom. The van der Waals surface area contributed by atoms with E-state index in [-0.39, 0.29) is 39.6 Å². The summed E-state index contributed by atoms with van der Waals surface area (Å²) in [5.74, 6) is 0. The fourth-order valence-corrected chi connectivity index (χ4v) is 4.01. The van der Waals surface area contributed by atoms with E-state index in [1.165, 1.54) is 0 Å². The first kappa shape index (κ1) is 28.6. The van der Waals surface area contributed by atoms with Crippen molar-refractivity contribution in [3.63, 3.8) is 0 Å². The normalized spacial score (nSPS) is 11.2. The number of nitrogens with one attached hydrogen (secondary N) is 1. The van der Waals surface area contributed by atoms with E-state index in [1.807, 2.05) is 49.4 Å². The molecule has 0 amide bonds. The maximum atomic E-state index is 9.51. The van der Waals surface area contributed by atoms with Gasteiger partial charge < -0.3 is 30.7 Å². The van der Waals surface area contributed by atoms with Crippen LogP contribution in [0, 0.1) is 6.92 Å². The zero-order valence-corrected chi connectivity index (χ0v) is 20.6. The van der Waals surface area contributed by atoms with Crippen LogP contribution in [-0.4, -0.2) is 30.7 Å². The summed E-state index contributed by atoms with van der Waals surface area (Å²) in [5, 5.41) is 55.0. The fourth-order valence-electron chi connectivity index (χ4n) is 4.01. The highest BCUT2D eigenvalue weighted by molar-refractivity contribution is 5.44. The molecule has 0 heterocycles.